The van der Waals surface area contributed by atoms with E-state index >= 15 is 0 Å². The van der Waals surface area contributed by atoms with Gasteiger partial charge in [-0.1, -0.05) is 188 Å². The zero-order valence-corrected chi connectivity index (χ0v) is 31.0. The van der Waals surface area contributed by atoms with E-state index in [1.807, 2.05) is 0 Å². The molecule has 0 aliphatic rings. The van der Waals surface area contributed by atoms with Gasteiger partial charge in [0.15, 0.2) is 0 Å². The molecule has 9 aromatic carbocycles. The van der Waals surface area contributed by atoms with Crippen LogP contribution in [0.25, 0.3) is 105 Å². The minimum atomic E-state index is 0.644. The van der Waals surface area contributed by atoms with Gasteiger partial charge in [-0.25, -0.2) is 9.97 Å². The van der Waals surface area contributed by atoms with E-state index in [9.17, 15) is 0 Å². The molecule has 0 spiro atoms. The number of hydrogen-bond acceptors (Lipinski definition) is 2. The van der Waals surface area contributed by atoms with Crippen LogP contribution in [0.3, 0.4) is 0 Å². The Bertz CT molecular complexity index is 3250. The highest BCUT2D eigenvalue weighted by Crippen LogP contribution is 2.42. The monoisotopic (exact) mass is 725 g/mol. The molecule has 0 atom stereocenters. The maximum atomic E-state index is 5.47. The SMILES string of the molecule is c1ccc(-c2ccc(-c3cc(-c4ccccc4)c4c(c3)c3ccccc3n4-c3nc(-c4ccc(-c5cccc6ccccc56)cc4)c4ccccc4n3)cc2)cc1. The lowest BCUT2D eigenvalue weighted by molar-refractivity contribution is 1.01. The molecule has 0 radical (unpaired) electrons. The van der Waals surface area contributed by atoms with E-state index in [4.69, 9.17) is 9.97 Å². The molecule has 0 saturated heterocycles. The highest BCUT2D eigenvalue weighted by molar-refractivity contribution is 6.15. The normalized spacial score (nSPS) is 11.5. The van der Waals surface area contributed by atoms with Crippen molar-refractivity contribution in [3.63, 3.8) is 0 Å². The van der Waals surface area contributed by atoms with Crippen molar-refractivity contribution in [2.45, 2.75) is 0 Å². The summed E-state index contributed by atoms with van der Waals surface area (Å²) in [5, 5.41) is 5.82. The van der Waals surface area contributed by atoms with Gasteiger partial charge in [0.05, 0.1) is 22.2 Å². The summed E-state index contributed by atoms with van der Waals surface area (Å²) in [4.78, 5) is 10.8. The Morgan fingerprint density at radius 1 is 0.316 bits per heavy atom. The highest BCUT2D eigenvalue weighted by Gasteiger charge is 2.21. The lowest BCUT2D eigenvalue weighted by atomic mass is 9.94. The first-order chi connectivity index (χ1) is 28.3. The molecular formula is C54H35N3. The molecule has 0 N–H and O–H groups in total. The maximum Gasteiger partial charge on any atom is 0.235 e. The standard InChI is InChI=1S/C54H35N3/c1-3-14-36(15-4-1)37-26-28-38(29-27-37)43-34-48(40-16-5-2-6-17-40)53-49(35-43)46-21-10-12-25-51(46)57(53)54-55-50-24-11-9-22-47(50)52(56-54)42-32-30-41(31-33-42)45-23-13-19-39-18-7-8-20-44(39)45/h1-35H. The summed E-state index contributed by atoms with van der Waals surface area (Å²) < 4.78 is 2.27. The van der Waals surface area contributed by atoms with Crippen molar-refractivity contribution in [1.29, 1.82) is 0 Å². The van der Waals surface area contributed by atoms with Crippen molar-refractivity contribution >= 4 is 43.5 Å². The number of rotatable bonds is 6. The summed E-state index contributed by atoms with van der Waals surface area (Å²) in [5.74, 6) is 0.644. The lowest BCUT2D eigenvalue weighted by Crippen LogP contribution is -2.04. The molecule has 3 nitrogen and oxygen atoms in total. The number of para-hydroxylation sites is 2. The third kappa shape index (κ3) is 5.68. The third-order valence-electron chi connectivity index (χ3n) is 11.2. The second-order valence-corrected chi connectivity index (χ2v) is 14.6. The molecule has 3 heteroatoms. The minimum Gasteiger partial charge on any atom is -0.277 e. The fourth-order valence-electron chi connectivity index (χ4n) is 8.46. The first-order valence-electron chi connectivity index (χ1n) is 19.4. The summed E-state index contributed by atoms with van der Waals surface area (Å²) in [6, 6.07) is 75.7. The molecule has 0 aliphatic carbocycles. The predicted molar refractivity (Wildman–Crippen MR) is 239 cm³/mol. The first-order valence-corrected chi connectivity index (χ1v) is 19.4. The lowest BCUT2D eigenvalue weighted by Gasteiger charge is -2.15. The van der Waals surface area contributed by atoms with E-state index in [1.54, 1.807) is 0 Å². The average molecular weight is 726 g/mol. The van der Waals surface area contributed by atoms with E-state index in [0.29, 0.717) is 5.95 Å². The number of fused-ring (bicyclic) bond motifs is 5. The number of aromatic nitrogens is 3. The zero-order chi connectivity index (χ0) is 37.7. The summed E-state index contributed by atoms with van der Waals surface area (Å²) in [7, 11) is 0. The Kier molecular flexibility index (Phi) is 7.82. The van der Waals surface area contributed by atoms with Crippen molar-refractivity contribution in [2.24, 2.45) is 0 Å². The zero-order valence-electron chi connectivity index (χ0n) is 31.0. The fourth-order valence-corrected chi connectivity index (χ4v) is 8.46. The van der Waals surface area contributed by atoms with Crippen molar-refractivity contribution < 1.29 is 0 Å². The molecule has 0 aliphatic heterocycles. The van der Waals surface area contributed by atoms with Gasteiger partial charge in [0, 0.05) is 27.3 Å². The Morgan fingerprint density at radius 2 is 0.860 bits per heavy atom. The molecule has 0 unspecified atom stereocenters. The van der Waals surface area contributed by atoms with Crippen molar-refractivity contribution in [2.75, 3.05) is 0 Å². The van der Waals surface area contributed by atoms with E-state index in [0.717, 1.165) is 60.7 Å². The first kappa shape index (κ1) is 32.8. The second kappa shape index (κ2) is 13.6. The maximum absolute atomic E-state index is 5.47. The van der Waals surface area contributed by atoms with Gasteiger partial charge in [-0.05, 0) is 74.0 Å². The van der Waals surface area contributed by atoms with Crippen LogP contribution in [-0.4, -0.2) is 14.5 Å². The summed E-state index contributed by atoms with van der Waals surface area (Å²) in [5.41, 5.74) is 14.4. The van der Waals surface area contributed by atoms with E-state index < -0.39 is 0 Å². The summed E-state index contributed by atoms with van der Waals surface area (Å²) >= 11 is 0. The van der Waals surface area contributed by atoms with Crippen molar-refractivity contribution in [1.82, 2.24) is 14.5 Å². The molecule has 0 amide bonds. The Labute approximate surface area is 330 Å². The Morgan fingerprint density at radius 3 is 1.63 bits per heavy atom. The second-order valence-electron chi connectivity index (χ2n) is 14.6. The number of hydrogen-bond donors (Lipinski definition) is 0. The molecule has 0 fully saturated rings. The van der Waals surface area contributed by atoms with Gasteiger partial charge in [0.2, 0.25) is 5.95 Å². The van der Waals surface area contributed by atoms with Crippen LogP contribution in [0.1, 0.15) is 0 Å². The van der Waals surface area contributed by atoms with Crippen molar-refractivity contribution in [3.05, 3.63) is 212 Å². The highest BCUT2D eigenvalue weighted by atomic mass is 15.2. The van der Waals surface area contributed by atoms with Gasteiger partial charge < -0.3 is 0 Å². The molecular weight excluding hydrogens is 691 g/mol. The smallest absolute Gasteiger partial charge is 0.235 e. The topological polar surface area (TPSA) is 30.7 Å². The summed E-state index contributed by atoms with van der Waals surface area (Å²) in [6.45, 7) is 0. The van der Waals surface area contributed by atoms with Gasteiger partial charge in [0.1, 0.15) is 0 Å². The Balaban J connectivity index is 1.12. The van der Waals surface area contributed by atoms with Gasteiger partial charge >= 0.3 is 0 Å². The van der Waals surface area contributed by atoms with Gasteiger partial charge in [-0.3, -0.25) is 4.57 Å². The van der Waals surface area contributed by atoms with E-state index in [1.165, 1.54) is 38.6 Å². The van der Waals surface area contributed by atoms with Crippen LogP contribution in [0.4, 0.5) is 0 Å². The quantitative estimate of drug-likeness (QED) is 0.171. The Hall–Kier alpha value is -7.62. The van der Waals surface area contributed by atoms with Crippen LogP contribution in [0.2, 0.25) is 0 Å². The molecule has 266 valence electrons. The average Bonchev–Trinajstić information content (AvgIpc) is 3.63. The molecule has 57 heavy (non-hydrogen) atoms. The van der Waals surface area contributed by atoms with Gasteiger partial charge in [-0.2, -0.15) is 0 Å². The van der Waals surface area contributed by atoms with Crippen molar-refractivity contribution in [3.8, 4) is 61.7 Å². The summed E-state index contributed by atoms with van der Waals surface area (Å²) in [6.07, 6.45) is 0. The minimum absolute atomic E-state index is 0.644. The molecule has 2 heterocycles. The predicted octanol–water partition coefficient (Wildman–Crippen LogP) is 14.2. The third-order valence-corrected chi connectivity index (χ3v) is 11.2. The van der Waals surface area contributed by atoms with Crippen LogP contribution >= 0.6 is 0 Å². The van der Waals surface area contributed by atoms with Gasteiger partial charge in [-0.15, -0.1) is 0 Å². The van der Waals surface area contributed by atoms with Crippen LogP contribution < -0.4 is 0 Å². The molecule has 0 saturated carbocycles. The number of benzene rings is 9. The molecule has 2 aromatic heterocycles. The van der Waals surface area contributed by atoms with E-state index in [2.05, 4.69) is 217 Å². The number of nitrogens with zero attached hydrogens (tertiary/aromatic N) is 3. The molecule has 11 aromatic rings. The molecule has 11 rings (SSSR count). The van der Waals surface area contributed by atoms with Crippen LogP contribution in [0, 0.1) is 0 Å². The molecule has 0 bridgehead atoms. The fraction of sp³-hybridized carbons (Fsp3) is 0. The largest absolute Gasteiger partial charge is 0.277 e. The van der Waals surface area contributed by atoms with Crippen LogP contribution in [0.15, 0.2) is 212 Å². The van der Waals surface area contributed by atoms with E-state index in [-0.39, 0.29) is 0 Å². The van der Waals surface area contributed by atoms with Crippen LogP contribution in [-0.2, 0) is 0 Å². The van der Waals surface area contributed by atoms with Crippen LogP contribution in [0.5, 0.6) is 0 Å². The van der Waals surface area contributed by atoms with Gasteiger partial charge in [0.25, 0.3) is 0 Å².